The summed E-state index contributed by atoms with van der Waals surface area (Å²) >= 11 is 5.58. The van der Waals surface area contributed by atoms with Gasteiger partial charge in [-0.15, -0.1) is 0 Å². The van der Waals surface area contributed by atoms with E-state index in [0.717, 1.165) is 23.6 Å². The predicted molar refractivity (Wildman–Crippen MR) is 77.1 cm³/mol. The summed E-state index contributed by atoms with van der Waals surface area (Å²) in [4.78, 5) is 2.49. The molecule has 2 fully saturated rings. The van der Waals surface area contributed by atoms with Gasteiger partial charge < -0.3 is 10.2 Å². The summed E-state index contributed by atoms with van der Waals surface area (Å²) in [5.41, 5.74) is 0. The maximum Gasteiger partial charge on any atom is 0.169 e. The maximum atomic E-state index is 5.58. The van der Waals surface area contributed by atoms with Crippen LogP contribution in [0, 0.1) is 11.8 Å². The van der Waals surface area contributed by atoms with Gasteiger partial charge in [-0.2, -0.15) is 0 Å². The van der Waals surface area contributed by atoms with Gasteiger partial charge in [0.2, 0.25) is 0 Å². The minimum absolute atomic E-state index is 0.667. The molecule has 2 nitrogen and oxygen atoms in total. The zero-order valence-electron chi connectivity index (χ0n) is 11.2. The van der Waals surface area contributed by atoms with Crippen LogP contribution in [0.15, 0.2) is 0 Å². The van der Waals surface area contributed by atoms with Gasteiger partial charge in [0, 0.05) is 19.1 Å². The molecular weight excluding hydrogens is 228 g/mol. The average Bonchev–Trinajstić information content (AvgIpc) is 2.35. The molecule has 0 radical (unpaired) electrons. The van der Waals surface area contributed by atoms with Crippen molar-refractivity contribution in [1.29, 1.82) is 0 Å². The topological polar surface area (TPSA) is 15.3 Å². The molecule has 2 rings (SSSR count). The van der Waals surface area contributed by atoms with Crippen molar-refractivity contribution in [3.63, 3.8) is 0 Å². The lowest BCUT2D eigenvalue weighted by molar-refractivity contribution is 0.118. The molecule has 1 saturated heterocycles. The van der Waals surface area contributed by atoms with E-state index in [4.69, 9.17) is 12.2 Å². The Balaban J connectivity index is 1.91. The first-order valence-corrected chi connectivity index (χ1v) is 7.63. The lowest BCUT2D eigenvalue weighted by Crippen LogP contribution is -2.53. The van der Waals surface area contributed by atoms with Gasteiger partial charge in [-0.1, -0.05) is 26.7 Å². The Morgan fingerprint density at radius 3 is 2.71 bits per heavy atom. The van der Waals surface area contributed by atoms with Crippen molar-refractivity contribution in [2.24, 2.45) is 11.8 Å². The van der Waals surface area contributed by atoms with Crippen LogP contribution in [0.4, 0.5) is 0 Å². The van der Waals surface area contributed by atoms with Crippen LogP contribution in [-0.4, -0.2) is 29.1 Å². The third-order valence-electron chi connectivity index (χ3n) is 4.17. The number of nitrogens with zero attached hydrogens (tertiary/aromatic N) is 1. The largest absolute Gasteiger partial charge is 0.362 e. The monoisotopic (exact) mass is 254 g/mol. The first-order chi connectivity index (χ1) is 8.18. The van der Waals surface area contributed by atoms with Gasteiger partial charge in [0.05, 0.1) is 0 Å². The summed E-state index contributed by atoms with van der Waals surface area (Å²) in [6, 6.07) is 0.740. The minimum Gasteiger partial charge on any atom is -0.362 e. The summed E-state index contributed by atoms with van der Waals surface area (Å²) in [7, 11) is 0. The molecule has 3 heteroatoms. The standard InChI is InChI=1S/C14H26N2S/c1-11(2)10-15-14(17)16-9-5-7-12-6-3-4-8-13(12)16/h11-13H,3-10H2,1-2H3,(H,15,17). The number of nitrogens with one attached hydrogen (secondary N) is 1. The van der Waals surface area contributed by atoms with Crippen LogP contribution >= 0.6 is 12.2 Å². The molecular formula is C14H26N2S. The first kappa shape index (κ1) is 13.1. The van der Waals surface area contributed by atoms with E-state index in [-0.39, 0.29) is 0 Å². The van der Waals surface area contributed by atoms with Crippen molar-refractivity contribution < 1.29 is 0 Å². The number of hydrogen-bond donors (Lipinski definition) is 1. The minimum atomic E-state index is 0.667. The first-order valence-electron chi connectivity index (χ1n) is 7.23. The van der Waals surface area contributed by atoms with Gasteiger partial charge in [-0.05, 0) is 49.7 Å². The van der Waals surface area contributed by atoms with Crippen molar-refractivity contribution in [1.82, 2.24) is 10.2 Å². The molecule has 0 amide bonds. The molecule has 1 heterocycles. The Labute approximate surface area is 111 Å². The van der Waals surface area contributed by atoms with Gasteiger partial charge in [0.25, 0.3) is 0 Å². The van der Waals surface area contributed by atoms with E-state index in [1.807, 2.05) is 0 Å². The highest BCUT2D eigenvalue weighted by molar-refractivity contribution is 7.80. The maximum absolute atomic E-state index is 5.58. The Morgan fingerprint density at radius 2 is 1.94 bits per heavy atom. The number of fused-ring (bicyclic) bond motifs is 1. The van der Waals surface area contributed by atoms with Crippen LogP contribution in [-0.2, 0) is 0 Å². The molecule has 98 valence electrons. The fourth-order valence-electron chi connectivity index (χ4n) is 3.27. The Bertz CT molecular complexity index is 263. The van der Waals surface area contributed by atoms with Crippen LogP contribution < -0.4 is 5.32 Å². The number of likely N-dealkylation sites (tertiary alicyclic amines) is 1. The molecule has 0 aromatic carbocycles. The third-order valence-corrected chi connectivity index (χ3v) is 4.54. The van der Waals surface area contributed by atoms with Crippen LogP contribution in [0.25, 0.3) is 0 Å². The fourth-order valence-corrected chi connectivity index (χ4v) is 3.58. The van der Waals surface area contributed by atoms with Crippen molar-refractivity contribution in [2.75, 3.05) is 13.1 Å². The zero-order valence-corrected chi connectivity index (χ0v) is 12.1. The highest BCUT2D eigenvalue weighted by Crippen LogP contribution is 2.35. The second kappa shape index (κ2) is 6.03. The van der Waals surface area contributed by atoms with E-state index in [0.29, 0.717) is 5.92 Å². The number of piperidine rings is 1. The Hall–Kier alpha value is -0.310. The van der Waals surface area contributed by atoms with Crippen molar-refractivity contribution >= 4 is 17.3 Å². The van der Waals surface area contributed by atoms with Gasteiger partial charge in [0.15, 0.2) is 5.11 Å². The van der Waals surface area contributed by atoms with Crippen LogP contribution in [0.2, 0.25) is 0 Å². The third kappa shape index (κ3) is 3.34. The summed E-state index contributed by atoms with van der Waals surface area (Å²) in [6.45, 7) is 6.64. The second-order valence-electron chi connectivity index (χ2n) is 6.03. The van der Waals surface area contributed by atoms with Crippen LogP contribution in [0.1, 0.15) is 52.4 Å². The van der Waals surface area contributed by atoms with Crippen molar-refractivity contribution in [3.05, 3.63) is 0 Å². The molecule has 2 aliphatic rings. The number of rotatable bonds is 2. The van der Waals surface area contributed by atoms with E-state index in [9.17, 15) is 0 Å². The summed E-state index contributed by atoms with van der Waals surface area (Å²) in [5.74, 6) is 1.58. The van der Waals surface area contributed by atoms with Gasteiger partial charge in [-0.3, -0.25) is 0 Å². The van der Waals surface area contributed by atoms with Crippen molar-refractivity contribution in [2.45, 2.75) is 58.4 Å². The average molecular weight is 254 g/mol. The zero-order chi connectivity index (χ0) is 12.3. The van der Waals surface area contributed by atoms with Crippen molar-refractivity contribution in [3.8, 4) is 0 Å². The molecule has 0 spiro atoms. The highest BCUT2D eigenvalue weighted by atomic mass is 32.1. The van der Waals surface area contributed by atoms with E-state index in [1.54, 1.807) is 0 Å². The highest BCUT2D eigenvalue weighted by Gasteiger charge is 2.34. The van der Waals surface area contributed by atoms with Crippen LogP contribution in [0.5, 0.6) is 0 Å². The predicted octanol–water partition coefficient (Wildman–Crippen LogP) is 3.17. The number of thiocarbonyl (C=S) groups is 1. The lowest BCUT2D eigenvalue weighted by atomic mass is 9.78. The van der Waals surface area contributed by atoms with E-state index < -0.39 is 0 Å². The van der Waals surface area contributed by atoms with Gasteiger partial charge >= 0.3 is 0 Å². The molecule has 1 N–H and O–H groups in total. The molecule has 1 aliphatic carbocycles. The normalized spacial score (nSPS) is 29.0. The number of hydrogen-bond acceptors (Lipinski definition) is 1. The van der Waals surface area contributed by atoms with E-state index in [1.165, 1.54) is 45.1 Å². The Morgan fingerprint density at radius 1 is 1.24 bits per heavy atom. The molecule has 2 unspecified atom stereocenters. The molecule has 1 aliphatic heterocycles. The second-order valence-corrected chi connectivity index (χ2v) is 6.41. The summed E-state index contributed by atoms with van der Waals surface area (Å²) in [5, 5.41) is 4.45. The van der Waals surface area contributed by atoms with Gasteiger partial charge in [0.1, 0.15) is 0 Å². The summed E-state index contributed by atoms with van der Waals surface area (Å²) in [6.07, 6.45) is 8.35. The molecule has 0 aromatic rings. The lowest BCUT2D eigenvalue weighted by Gasteiger charge is -2.45. The molecule has 17 heavy (non-hydrogen) atoms. The van der Waals surface area contributed by atoms with Gasteiger partial charge in [-0.25, -0.2) is 0 Å². The van der Waals surface area contributed by atoms with Crippen LogP contribution in [0.3, 0.4) is 0 Å². The van der Waals surface area contributed by atoms with E-state index in [2.05, 4.69) is 24.1 Å². The summed E-state index contributed by atoms with van der Waals surface area (Å²) < 4.78 is 0. The molecule has 1 saturated carbocycles. The van der Waals surface area contributed by atoms with E-state index >= 15 is 0 Å². The quantitative estimate of drug-likeness (QED) is 0.762. The molecule has 0 bridgehead atoms. The Kier molecular flexibility index (Phi) is 4.66. The molecule has 0 aromatic heterocycles. The smallest absolute Gasteiger partial charge is 0.169 e. The fraction of sp³-hybridized carbons (Fsp3) is 0.929. The molecule has 2 atom stereocenters. The SMILES string of the molecule is CC(C)CNC(=S)N1CCCC2CCCCC21.